The highest BCUT2D eigenvalue weighted by molar-refractivity contribution is 9.10. The maximum atomic E-state index is 14.7. The molecule has 0 radical (unpaired) electrons. The Morgan fingerprint density at radius 1 is 0.640 bits per heavy atom. The van der Waals surface area contributed by atoms with Crippen LogP contribution in [0, 0.1) is 11.6 Å². The summed E-state index contributed by atoms with van der Waals surface area (Å²) in [6, 6.07) is 19.3. The zero-order valence-electron chi connectivity index (χ0n) is 50.2. The minimum Gasteiger partial charge on any atom is -0.484 e. The Morgan fingerprint density at radius 3 is 1.51 bits per heavy atom. The van der Waals surface area contributed by atoms with Gasteiger partial charge in [-0.25, -0.2) is 48.7 Å². The molecule has 29 heteroatoms. The first-order valence-corrected chi connectivity index (χ1v) is 28.7. The molecule has 476 valence electrons. The van der Waals surface area contributed by atoms with Crippen molar-refractivity contribution in [3.63, 3.8) is 0 Å². The van der Waals surface area contributed by atoms with Gasteiger partial charge < -0.3 is 35.6 Å². The van der Waals surface area contributed by atoms with E-state index in [1.54, 1.807) is 34.0 Å². The van der Waals surface area contributed by atoms with Gasteiger partial charge in [0.1, 0.15) is 73.8 Å². The number of fused-ring (bicyclic) bond motifs is 4. The molecule has 0 saturated carbocycles. The van der Waals surface area contributed by atoms with Gasteiger partial charge in [-0.05, 0) is 132 Å². The first-order valence-electron chi connectivity index (χ1n) is 27.9. The Morgan fingerprint density at radius 2 is 1.08 bits per heavy atom. The number of aromatic amines is 2. The number of aliphatic hydroxyl groups is 1. The fourth-order valence-electron chi connectivity index (χ4n) is 8.78. The Hall–Kier alpha value is -8.54. The number of H-pyrrole nitrogens is 2. The fraction of sp³-hybridized carbons (Fsp3) is 0.367. The molecule has 4 aromatic carbocycles. The van der Waals surface area contributed by atoms with Crippen molar-refractivity contribution in [3.8, 4) is 22.9 Å². The van der Waals surface area contributed by atoms with E-state index >= 15 is 0 Å². The summed E-state index contributed by atoms with van der Waals surface area (Å²) in [5.74, 6) is -0.940. The van der Waals surface area contributed by atoms with Crippen molar-refractivity contribution in [1.82, 2.24) is 63.9 Å². The monoisotopic (exact) mass is 1310 g/mol. The van der Waals surface area contributed by atoms with Crippen LogP contribution in [-0.4, -0.2) is 119 Å². The Kier molecular flexibility index (Phi) is 23.9. The van der Waals surface area contributed by atoms with Crippen LogP contribution in [0.4, 0.5) is 40.9 Å². The third-order valence-electron chi connectivity index (χ3n) is 12.6. The van der Waals surface area contributed by atoms with E-state index in [0.717, 1.165) is 33.4 Å². The van der Waals surface area contributed by atoms with E-state index < -0.39 is 66.0 Å². The van der Waals surface area contributed by atoms with Crippen LogP contribution in [0.25, 0.3) is 55.5 Å². The highest BCUT2D eigenvalue weighted by atomic mass is 79.9. The maximum absolute atomic E-state index is 14.7. The first kappa shape index (κ1) is 69.6. The van der Waals surface area contributed by atoms with Gasteiger partial charge in [-0.2, -0.15) is 26.3 Å². The van der Waals surface area contributed by atoms with Gasteiger partial charge in [-0.3, -0.25) is 23.6 Å². The predicted molar refractivity (Wildman–Crippen MR) is 327 cm³/mol. The summed E-state index contributed by atoms with van der Waals surface area (Å²) in [4.78, 5) is 68.1. The van der Waals surface area contributed by atoms with Crippen LogP contribution >= 0.6 is 15.9 Å². The van der Waals surface area contributed by atoms with Gasteiger partial charge in [-0.1, -0.05) is 45.0 Å². The average Bonchev–Trinajstić information content (AvgIpc) is 1.97. The summed E-state index contributed by atoms with van der Waals surface area (Å²) < 4.78 is 117. The molecule has 0 aliphatic carbocycles. The average molecular weight is 1310 g/mol. The SMILES string of the molecule is Brc1ncnc2nc[nH]c12.CC(C)(C)O.CCN(C(C)C)C(C)C.CC[C@H](N)c1nc2cccc(F)c2c(=O)n1-c1cccc(OCC(F)(F)F)c1.CC[C@H](Nc1ncnc2nc[nH]c12)c1nc2cccc(F)c2c(=O)n1-c1cccc(OCC(F)(F)F)c1. The summed E-state index contributed by atoms with van der Waals surface area (Å²) in [6.07, 6.45) is -2.35. The number of aromatic nitrogens is 12. The number of alkyl halides is 6. The third-order valence-corrected chi connectivity index (χ3v) is 13.2. The van der Waals surface area contributed by atoms with E-state index in [1.807, 2.05) is 6.92 Å². The number of nitrogens with two attached hydrogens (primary N) is 1. The summed E-state index contributed by atoms with van der Waals surface area (Å²) in [5.41, 5.74) is 7.27. The fourth-order valence-corrected chi connectivity index (χ4v) is 9.17. The molecule has 6 heterocycles. The van der Waals surface area contributed by atoms with Crippen molar-refractivity contribution in [3.05, 3.63) is 159 Å². The number of rotatable bonds is 15. The van der Waals surface area contributed by atoms with E-state index in [4.69, 9.17) is 20.3 Å². The van der Waals surface area contributed by atoms with Crippen molar-refractivity contribution in [2.24, 2.45) is 5.73 Å². The van der Waals surface area contributed by atoms with Gasteiger partial charge in [0.2, 0.25) is 0 Å². The van der Waals surface area contributed by atoms with E-state index in [9.17, 15) is 44.7 Å². The summed E-state index contributed by atoms with van der Waals surface area (Å²) in [5, 5.41) is 11.3. The minimum atomic E-state index is -4.54. The molecule has 10 aromatic rings. The molecule has 0 fully saturated rings. The number of nitrogens with zero attached hydrogens (tertiary/aromatic N) is 11. The quantitative estimate of drug-likeness (QED) is 0.0472. The lowest BCUT2D eigenvalue weighted by molar-refractivity contribution is -0.154. The number of nitrogens with one attached hydrogen (secondary N) is 3. The molecular weight excluding hydrogens is 1240 g/mol. The van der Waals surface area contributed by atoms with Crippen molar-refractivity contribution in [2.45, 2.75) is 124 Å². The lowest BCUT2D eigenvalue weighted by Gasteiger charge is -2.28. The number of hydrogen-bond acceptors (Lipinski definition) is 16. The highest BCUT2D eigenvalue weighted by Crippen LogP contribution is 2.30. The standard InChI is InChI=1S/C24H19F4N7O2.C19H17F4N3O2.C8H19N.C5H3BrN4.C4H10O/c1-2-16(33-21-19-20(30-11-29-19)31-12-32-21)22-34-17-8-4-7-15(25)18(17)23(36)35(22)13-5-3-6-14(9-13)37-10-24(26,27)28;1-2-14(24)17-25-15-8-4-7-13(20)16(15)18(27)26(17)11-5-3-6-12(9-11)28-10-19(21,22)23;1-6-9(7(2)3)8(4)5;6-4-3-5(9-1-7-3)10-2-8-4;1-4(2,3)5/h3-9,11-12,16H,2,10H2,1H3,(H2,29,30,31,32,33);3-9,14H,2,10,24H2,1H3;7-8H,6H2,1-5H3;1-2H,(H,7,8,9,10);5H,1-3H3/t16-;14-;;;/m00.../s1. The van der Waals surface area contributed by atoms with Crippen LogP contribution in [0.2, 0.25) is 0 Å². The lowest BCUT2D eigenvalue weighted by atomic mass is 10.1. The van der Waals surface area contributed by atoms with Crippen molar-refractivity contribution in [1.29, 1.82) is 0 Å². The molecular formula is C60H68BrF8N15O5. The molecule has 6 N–H and O–H groups in total. The molecule has 0 amide bonds. The maximum Gasteiger partial charge on any atom is 0.422 e. The molecule has 0 aliphatic rings. The number of anilines is 1. The molecule has 0 aliphatic heterocycles. The molecule has 89 heavy (non-hydrogen) atoms. The van der Waals surface area contributed by atoms with Crippen molar-refractivity contribution in [2.75, 3.05) is 25.1 Å². The first-order chi connectivity index (χ1) is 41.9. The molecule has 0 spiro atoms. The van der Waals surface area contributed by atoms with Crippen LogP contribution in [0.15, 0.2) is 124 Å². The molecule has 0 unspecified atom stereocenters. The zero-order chi connectivity index (χ0) is 65.5. The number of imidazole rings is 2. The van der Waals surface area contributed by atoms with Crippen LogP contribution < -0.4 is 31.6 Å². The van der Waals surface area contributed by atoms with E-state index in [2.05, 4.69) is 111 Å². The smallest absolute Gasteiger partial charge is 0.422 e. The Labute approximate surface area is 514 Å². The van der Waals surface area contributed by atoms with Crippen LogP contribution in [0.3, 0.4) is 0 Å². The largest absolute Gasteiger partial charge is 0.484 e. The number of halogens is 9. The molecule has 2 atom stereocenters. The zero-order valence-corrected chi connectivity index (χ0v) is 51.8. The molecule has 10 rings (SSSR count). The van der Waals surface area contributed by atoms with Gasteiger partial charge in [0.25, 0.3) is 11.1 Å². The Balaban J connectivity index is 0.000000210. The minimum absolute atomic E-state index is 0.0913. The summed E-state index contributed by atoms with van der Waals surface area (Å²) in [6.45, 7) is 18.2. The molecule has 20 nitrogen and oxygen atoms in total. The van der Waals surface area contributed by atoms with Gasteiger partial charge >= 0.3 is 12.4 Å². The van der Waals surface area contributed by atoms with E-state index in [0.29, 0.717) is 47.6 Å². The van der Waals surface area contributed by atoms with Gasteiger partial charge in [0, 0.05) is 24.2 Å². The van der Waals surface area contributed by atoms with Gasteiger partial charge in [-0.15, -0.1) is 0 Å². The van der Waals surface area contributed by atoms with Crippen LogP contribution in [-0.2, 0) is 0 Å². The van der Waals surface area contributed by atoms with Gasteiger partial charge in [0.05, 0.1) is 52.7 Å². The number of benzene rings is 4. The topological polar surface area (TPSA) is 259 Å². The van der Waals surface area contributed by atoms with Crippen molar-refractivity contribution < 1.29 is 49.7 Å². The second-order valence-corrected chi connectivity index (χ2v) is 21.9. The highest BCUT2D eigenvalue weighted by Gasteiger charge is 2.30. The normalized spacial score (nSPS) is 12.4. The Bertz CT molecular complexity index is 4060. The van der Waals surface area contributed by atoms with Crippen molar-refractivity contribution >= 4 is 65.9 Å². The summed E-state index contributed by atoms with van der Waals surface area (Å²) in [7, 11) is 0. The molecule has 0 bridgehead atoms. The molecule has 0 saturated heterocycles. The number of hydrogen-bond donors (Lipinski definition) is 5. The van der Waals surface area contributed by atoms with E-state index in [1.165, 1.54) is 96.3 Å². The lowest BCUT2D eigenvalue weighted by Crippen LogP contribution is -2.36. The third kappa shape index (κ3) is 19.2. The second-order valence-electron chi connectivity index (χ2n) is 21.2. The number of ether oxygens (including phenoxy) is 2. The second kappa shape index (κ2) is 30.6. The van der Waals surface area contributed by atoms with Crippen LogP contribution in [0.1, 0.15) is 106 Å². The van der Waals surface area contributed by atoms with Gasteiger partial charge in [0.15, 0.2) is 30.3 Å². The van der Waals surface area contributed by atoms with E-state index in [-0.39, 0.29) is 56.3 Å². The molecule has 6 aromatic heterocycles. The summed E-state index contributed by atoms with van der Waals surface area (Å²) >= 11 is 3.25. The predicted octanol–water partition coefficient (Wildman–Crippen LogP) is 12.6. The van der Waals surface area contributed by atoms with Crippen LogP contribution in [0.5, 0.6) is 11.5 Å².